The number of benzene rings is 2. The van der Waals surface area contributed by atoms with Crippen LogP contribution in [0.3, 0.4) is 0 Å². The maximum absolute atomic E-state index is 12.8. The lowest BCUT2D eigenvalue weighted by Crippen LogP contribution is -2.54. The smallest absolute Gasteiger partial charge is 0.243 e. The van der Waals surface area contributed by atoms with Crippen molar-refractivity contribution in [3.8, 4) is 5.75 Å². The Kier molecular flexibility index (Phi) is 5.78. The minimum absolute atomic E-state index is 0.127. The lowest BCUT2D eigenvalue weighted by Gasteiger charge is -2.39. The van der Waals surface area contributed by atoms with Crippen LogP contribution in [0.4, 0.5) is 11.4 Å². The number of hydrogen-bond acceptors (Lipinski definition) is 4. The van der Waals surface area contributed by atoms with E-state index in [-0.39, 0.29) is 11.9 Å². The Morgan fingerprint density at radius 2 is 1.62 bits per heavy atom. The third kappa shape index (κ3) is 3.99. The van der Waals surface area contributed by atoms with Crippen LogP contribution in [0.15, 0.2) is 54.6 Å². The molecule has 1 atom stereocenters. The van der Waals surface area contributed by atoms with Crippen molar-refractivity contribution in [2.24, 2.45) is 0 Å². The van der Waals surface area contributed by atoms with Crippen molar-refractivity contribution >= 4 is 17.3 Å². The van der Waals surface area contributed by atoms with Crippen LogP contribution in [-0.4, -0.2) is 57.2 Å². The lowest BCUT2D eigenvalue weighted by molar-refractivity contribution is -0.123. The first-order valence-electron chi connectivity index (χ1n) is 9.06. The van der Waals surface area contributed by atoms with Crippen LogP contribution in [0.5, 0.6) is 5.75 Å². The van der Waals surface area contributed by atoms with Crippen LogP contribution in [0.25, 0.3) is 0 Å². The van der Waals surface area contributed by atoms with Crippen LogP contribution in [0, 0.1) is 0 Å². The van der Waals surface area contributed by atoms with Gasteiger partial charge in [-0.15, -0.1) is 0 Å². The Morgan fingerprint density at radius 3 is 2.19 bits per heavy atom. The summed E-state index contributed by atoms with van der Waals surface area (Å²) in [6, 6.07) is 17.8. The third-order valence-electron chi connectivity index (χ3n) is 5.13. The first kappa shape index (κ1) is 18.3. The molecule has 0 N–H and O–H groups in total. The Morgan fingerprint density at radius 1 is 1.00 bits per heavy atom. The average Bonchev–Trinajstić information content (AvgIpc) is 2.73. The molecule has 1 fully saturated rings. The minimum atomic E-state index is -0.127. The van der Waals surface area contributed by atoms with Gasteiger partial charge in [0.05, 0.1) is 13.2 Å². The quantitative estimate of drug-likeness (QED) is 0.828. The van der Waals surface area contributed by atoms with E-state index in [9.17, 15) is 4.79 Å². The van der Waals surface area contributed by atoms with Gasteiger partial charge in [-0.25, -0.2) is 0 Å². The summed E-state index contributed by atoms with van der Waals surface area (Å²) in [5, 5.41) is 0. The van der Waals surface area contributed by atoms with Gasteiger partial charge in [-0.2, -0.15) is 0 Å². The molecular weight excluding hydrogens is 326 g/mol. The number of amides is 1. The van der Waals surface area contributed by atoms with E-state index >= 15 is 0 Å². The van der Waals surface area contributed by atoms with Crippen molar-refractivity contribution in [1.82, 2.24) is 4.90 Å². The number of rotatable bonds is 5. The number of anilines is 2. The molecule has 0 saturated carbocycles. The molecule has 1 amide bonds. The van der Waals surface area contributed by atoms with E-state index in [1.54, 1.807) is 12.0 Å². The van der Waals surface area contributed by atoms with Gasteiger partial charge in [-0.1, -0.05) is 18.2 Å². The van der Waals surface area contributed by atoms with Gasteiger partial charge >= 0.3 is 0 Å². The standard InChI is InChI=1S/C21H27N3O2/c1-17(21(25)22(2)18-7-5-4-6-8-18)23-13-15-24(16-14-23)19-9-11-20(26-3)12-10-19/h4-12,17H,13-16H2,1-3H3. The highest BCUT2D eigenvalue weighted by atomic mass is 16.5. The summed E-state index contributed by atoms with van der Waals surface area (Å²) < 4.78 is 5.22. The molecule has 138 valence electrons. The zero-order chi connectivity index (χ0) is 18.5. The number of hydrogen-bond donors (Lipinski definition) is 0. The van der Waals surface area contributed by atoms with Crippen LogP contribution >= 0.6 is 0 Å². The normalized spacial score (nSPS) is 16.2. The Labute approximate surface area is 155 Å². The number of ether oxygens (including phenoxy) is 1. The predicted molar refractivity (Wildman–Crippen MR) is 106 cm³/mol. The van der Waals surface area contributed by atoms with Crippen molar-refractivity contribution in [2.75, 3.05) is 50.1 Å². The number of methoxy groups -OCH3 is 1. The molecule has 3 rings (SSSR count). The van der Waals surface area contributed by atoms with Gasteiger partial charge in [0.1, 0.15) is 5.75 Å². The van der Waals surface area contributed by atoms with Crippen molar-refractivity contribution in [3.63, 3.8) is 0 Å². The zero-order valence-corrected chi connectivity index (χ0v) is 15.8. The van der Waals surface area contributed by atoms with Crippen LogP contribution in [0.1, 0.15) is 6.92 Å². The Hall–Kier alpha value is -2.53. The fourth-order valence-electron chi connectivity index (χ4n) is 3.38. The summed E-state index contributed by atoms with van der Waals surface area (Å²) in [5.41, 5.74) is 2.13. The molecule has 0 bridgehead atoms. The van der Waals surface area contributed by atoms with Crippen molar-refractivity contribution < 1.29 is 9.53 Å². The summed E-state index contributed by atoms with van der Waals surface area (Å²) in [7, 11) is 3.53. The molecule has 0 radical (unpaired) electrons. The second-order valence-corrected chi connectivity index (χ2v) is 6.63. The fraction of sp³-hybridized carbons (Fsp3) is 0.381. The number of nitrogens with zero attached hydrogens (tertiary/aromatic N) is 3. The van der Waals surface area contributed by atoms with E-state index in [1.165, 1.54) is 5.69 Å². The van der Waals surface area contributed by atoms with Crippen LogP contribution in [0.2, 0.25) is 0 Å². The van der Waals surface area contributed by atoms with Crippen LogP contribution in [-0.2, 0) is 4.79 Å². The molecule has 1 saturated heterocycles. The van der Waals surface area contributed by atoms with E-state index in [1.807, 2.05) is 56.4 Å². The first-order chi connectivity index (χ1) is 12.6. The molecule has 26 heavy (non-hydrogen) atoms. The van der Waals surface area contributed by atoms with Crippen molar-refractivity contribution in [2.45, 2.75) is 13.0 Å². The van der Waals surface area contributed by atoms with E-state index in [0.717, 1.165) is 37.6 Å². The average molecular weight is 353 g/mol. The largest absolute Gasteiger partial charge is 0.497 e. The topological polar surface area (TPSA) is 36.0 Å². The lowest BCUT2D eigenvalue weighted by atomic mass is 10.1. The van der Waals surface area contributed by atoms with Crippen molar-refractivity contribution in [1.29, 1.82) is 0 Å². The fourth-order valence-corrected chi connectivity index (χ4v) is 3.38. The molecule has 5 heteroatoms. The molecule has 1 aliphatic heterocycles. The van der Waals surface area contributed by atoms with Gasteiger partial charge in [-0.05, 0) is 43.3 Å². The summed E-state index contributed by atoms with van der Waals surface area (Å²) >= 11 is 0. The second-order valence-electron chi connectivity index (χ2n) is 6.63. The van der Waals surface area contributed by atoms with E-state index < -0.39 is 0 Å². The maximum atomic E-state index is 12.8. The summed E-state index contributed by atoms with van der Waals surface area (Å²) in [6.07, 6.45) is 0. The first-order valence-corrected chi connectivity index (χ1v) is 9.06. The summed E-state index contributed by atoms with van der Waals surface area (Å²) in [4.78, 5) is 19.2. The summed E-state index contributed by atoms with van der Waals surface area (Å²) in [5.74, 6) is 1.00. The molecule has 0 aromatic heterocycles. The van der Waals surface area contributed by atoms with Gasteiger partial charge in [0.2, 0.25) is 5.91 Å². The van der Waals surface area contributed by atoms with Gasteiger partial charge in [0.15, 0.2) is 0 Å². The molecule has 0 spiro atoms. The minimum Gasteiger partial charge on any atom is -0.497 e. The highest BCUT2D eigenvalue weighted by Crippen LogP contribution is 2.21. The van der Waals surface area contributed by atoms with Crippen molar-refractivity contribution in [3.05, 3.63) is 54.6 Å². The number of piperazine rings is 1. The number of likely N-dealkylation sites (N-methyl/N-ethyl adjacent to an activating group) is 1. The molecule has 2 aromatic rings. The third-order valence-corrected chi connectivity index (χ3v) is 5.13. The number of para-hydroxylation sites is 1. The number of carbonyl (C=O) groups excluding carboxylic acids is 1. The monoisotopic (exact) mass is 353 g/mol. The van der Waals surface area contributed by atoms with E-state index in [0.29, 0.717) is 0 Å². The predicted octanol–water partition coefficient (Wildman–Crippen LogP) is 2.87. The zero-order valence-electron chi connectivity index (χ0n) is 15.8. The molecule has 2 aromatic carbocycles. The molecule has 5 nitrogen and oxygen atoms in total. The SMILES string of the molecule is COc1ccc(N2CCN(C(C)C(=O)N(C)c3ccccc3)CC2)cc1. The molecule has 1 aliphatic rings. The molecule has 1 unspecified atom stereocenters. The second kappa shape index (κ2) is 8.23. The van der Waals surface area contributed by atoms with Crippen LogP contribution < -0.4 is 14.5 Å². The van der Waals surface area contributed by atoms with E-state index in [2.05, 4.69) is 21.9 Å². The van der Waals surface area contributed by atoms with Gasteiger partial charge in [0, 0.05) is 44.6 Å². The molecule has 0 aliphatic carbocycles. The van der Waals surface area contributed by atoms with Gasteiger partial charge < -0.3 is 14.5 Å². The Balaban J connectivity index is 1.57. The number of carbonyl (C=O) groups is 1. The van der Waals surface area contributed by atoms with E-state index in [4.69, 9.17) is 4.74 Å². The molecule has 1 heterocycles. The summed E-state index contributed by atoms with van der Waals surface area (Å²) in [6.45, 7) is 5.59. The Bertz CT molecular complexity index is 710. The van der Waals surface area contributed by atoms with Gasteiger partial charge in [-0.3, -0.25) is 9.69 Å². The highest BCUT2D eigenvalue weighted by molar-refractivity contribution is 5.96. The van der Waals surface area contributed by atoms with Gasteiger partial charge in [0.25, 0.3) is 0 Å². The maximum Gasteiger partial charge on any atom is 0.243 e. The molecular formula is C21H27N3O2. The highest BCUT2D eigenvalue weighted by Gasteiger charge is 2.28.